The monoisotopic (exact) mass is 433 g/mol. The van der Waals surface area contributed by atoms with Crippen LogP contribution in [-0.2, 0) is 0 Å². The summed E-state index contributed by atoms with van der Waals surface area (Å²) in [6.07, 6.45) is 5.54. The number of unbranched alkanes of at least 4 members (excludes halogenated alkanes) is 3. The van der Waals surface area contributed by atoms with Crippen molar-refractivity contribution >= 4 is 27.5 Å². The number of ether oxygens (including phenoxy) is 2. The molecule has 0 aromatic heterocycles. The molecule has 2 aromatic carbocycles. The third kappa shape index (κ3) is 7.25. The van der Waals surface area contributed by atoms with Crippen molar-refractivity contribution in [2.24, 2.45) is 0 Å². The van der Waals surface area contributed by atoms with Gasteiger partial charge in [0.05, 0.1) is 18.8 Å². The van der Waals surface area contributed by atoms with E-state index in [9.17, 15) is 4.79 Å². The number of hydrogen-bond acceptors (Lipinski definition) is 3. The van der Waals surface area contributed by atoms with Crippen molar-refractivity contribution in [1.29, 1.82) is 0 Å². The van der Waals surface area contributed by atoms with Gasteiger partial charge in [0, 0.05) is 16.2 Å². The lowest BCUT2D eigenvalue weighted by molar-refractivity contribution is 0.102. The van der Waals surface area contributed by atoms with E-state index in [1.165, 1.54) is 19.3 Å². The topological polar surface area (TPSA) is 47.6 Å². The Bertz CT molecular complexity index is 733. The van der Waals surface area contributed by atoms with E-state index < -0.39 is 0 Å². The normalized spacial score (nSPS) is 10.5. The number of nitrogens with one attached hydrogen (secondary N) is 1. The van der Waals surface area contributed by atoms with Gasteiger partial charge in [-0.25, -0.2) is 0 Å². The van der Waals surface area contributed by atoms with Gasteiger partial charge in [0.2, 0.25) is 0 Å². The molecule has 146 valence electrons. The van der Waals surface area contributed by atoms with Gasteiger partial charge < -0.3 is 14.8 Å². The smallest absolute Gasteiger partial charge is 0.259 e. The van der Waals surface area contributed by atoms with Crippen molar-refractivity contribution in [3.05, 3.63) is 52.5 Å². The maximum atomic E-state index is 12.7. The third-order valence-electron chi connectivity index (χ3n) is 4.01. The predicted molar refractivity (Wildman–Crippen MR) is 114 cm³/mol. The van der Waals surface area contributed by atoms with Crippen LogP contribution in [0.1, 0.15) is 56.3 Å². The van der Waals surface area contributed by atoms with Crippen LogP contribution in [0.25, 0.3) is 0 Å². The SMILES string of the molecule is CCCCCCOc1cccc(NC(=O)c2cc(Br)ccc2OCCC)c1. The molecular weight excluding hydrogens is 406 g/mol. The molecule has 0 fully saturated rings. The molecule has 0 unspecified atom stereocenters. The zero-order chi connectivity index (χ0) is 19.5. The van der Waals surface area contributed by atoms with Gasteiger partial charge in [0.15, 0.2) is 0 Å². The molecule has 4 nitrogen and oxygen atoms in total. The highest BCUT2D eigenvalue weighted by Crippen LogP contribution is 2.25. The molecule has 1 amide bonds. The zero-order valence-corrected chi connectivity index (χ0v) is 17.7. The van der Waals surface area contributed by atoms with Crippen LogP contribution in [0.4, 0.5) is 5.69 Å². The minimum absolute atomic E-state index is 0.206. The molecule has 0 radical (unpaired) electrons. The molecule has 0 saturated carbocycles. The maximum Gasteiger partial charge on any atom is 0.259 e. The van der Waals surface area contributed by atoms with Crippen LogP contribution in [0.5, 0.6) is 11.5 Å². The number of rotatable bonds is 11. The van der Waals surface area contributed by atoms with Crippen LogP contribution in [-0.4, -0.2) is 19.1 Å². The van der Waals surface area contributed by atoms with Gasteiger partial charge in [0.1, 0.15) is 11.5 Å². The molecule has 0 spiro atoms. The van der Waals surface area contributed by atoms with E-state index >= 15 is 0 Å². The molecule has 27 heavy (non-hydrogen) atoms. The molecule has 2 rings (SSSR count). The van der Waals surface area contributed by atoms with Crippen LogP contribution < -0.4 is 14.8 Å². The van der Waals surface area contributed by atoms with Gasteiger partial charge in [-0.05, 0) is 43.2 Å². The van der Waals surface area contributed by atoms with Gasteiger partial charge in [-0.2, -0.15) is 0 Å². The highest BCUT2D eigenvalue weighted by Gasteiger charge is 2.14. The average Bonchev–Trinajstić information content (AvgIpc) is 2.67. The molecule has 1 N–H and O–H groups in total. The number of benzene rings is 2. The Morgan fingerprint density at radius 2 is 1.81 bits per heavy atom. The van der Waals surface area contributed by atoms with Crippen molar-refractivity contribution in [3.63, 3.8) is 0 Å². The van der Waals surface area contributed by atoms with Crippen LogP contribution >= 0.6 is 15.9 Å². The lowest BCUT2D eigenvalue weighted by atomic mass is 10.1. The standard InChI is InChI=1S/C22H28BrNO3/c1-3-5-6-7-14-26-19-10-8-9-18(16-19)24-22(25)20-15-17(23)11-12-21(20)27-13-4-2/h8-12,15-16H,3-7,13-14H2,1-2H3,(H,24,25). The molecule has 0 aliphatic heterocycles. The molecule has 2 aromatic rings. The fourth-order valence-corrected chi connectivity index (χ4v) is 2.96. The summed E-state index contributed by atoms with van der Waals surface area (Å²) in [4.78, 5) is 12.7. The molecule has 0 aliphatic carbocycles. The van der Waals surface area contributed by atoms with Crippen molar-refractivity contribution in [1.82, 2.24) is 0 Å². The van der Waals surface area contributed by atoms with Gasteiger partial charge >= 0.3 is 0 Å². The summed E-state index contributed by atoms with van der Waals surface area (Å²) >= 11 is 3.42. The largest absolute Gasteiger partial charge is 0.494 e. The highest BCUT2D eigenvalue weighted by molar-refractivity contribution is 9.10. The van der Waals surface area contributed by atoms with Crippen LogP contribution in [0.3, 0.4) is 0 Å². The molecule has 5 heteroatoms. The van der Waals surface area contributed by atoms with Gasteiger partial charge in [-0.1, -0.05) is 55.1 Å². The first-order valence-corrected chi connectivity index (χ1v) is 10.4. The first-order chi connectivity index (χ1) is 13.1. The van der Waals surface area contributed by atoms with Crippen molar-refractivity contribution in [2.75, 3.05) is 18.5 Å². The highest BCUT2D eigenvalue weighted by atomic mass is 79.9. The van der Waals surface area contributed by atoms with Crippen molar-refractivity contribution < 1.29 is 14.3 Å². The Morgan fingerprint density at radius 3 is 2.59 bits per heavy atom. The van der Waals surface area contributed by atoms with E-state index in [-0.39, 0.29) is 5.91 Å². The number of anilines is 1. The van der Waals surface area contributed by atoms with E-state index in [0.717, 1.165) is 23.1 Å². The number of carbonyl (C=O) groups is 1. The number of hydrogen-bond donors (Lipinski definition) is 1. The van der Waals surface area contributed by atoms with Crippen LogP contribution in [0.2, 0.25) is 0 Å². The molecule has 0 saturated heterocycles. The maximum absolute atomic E-state index is 12.7. The molecule has 0 bridgehead atoms. The summed E-state index contributed by atoms with van der Waals surface area (Å²) < 4.78 is 12.3. The van der Waals surface area contributed by atoms with E-state index in [1.807, 2.05) is 43.3 Å². The Hall–Kier alpha value is -2.01. The van der Waals surface area contributed by atoms with E-state index in [0.29, 0.717) is 30.2 Å². The molecule has 0 heterocycles. The number of amides is 1. The Morgan fingerprint density at radius 1 is 0.963 bits per heavy atom. The fraction of sp³-hybridized carbons (Fsp3) is 0.409. The molecular formula is C22H28BrNO3. The van der Waals surface area contributed by atoms with Crippen molar-refractivity contribution in [2.45, 2.75) is 46.0 Å². The third-order valence-corrected chi connectivity index (χ3v) is 4.50. The summed E-state index contributed by atoms with van der Waals surface area (Å²) in [6, 6.07) is 12.9. The second-order valence-electron chi connectivity index (χ2n) is 6.38. The molecule has 0 atom stereocenters. The number of halogens is 1. The summed E-state index contributed by atoms with van der Waals surface area (Å²) in [5.74, 6) is 1.14. The Labute approximate surface area is 170 Å². The quantitative estimate of drug-likeness (QED) is 0.414. The second-order valence-corrected chi connectivity index (χ2v) is 7.30. The van der Waals surface area contributed by atoms with E-state index in [1.54, 1.807) is 6.07 Å². The minimum Gasteiger partial charge on any atom is -0.494 e. The lowest BCUT2D eigenvalue weighted by Gasteiger charge is -2.13. The summed E-state index contributed by atoms with van der Waals surface area (Å²) in [7, 11) is 0. The van der Waals surface area contributed by atoms with Gasteiger partial charge in [-0.3, -0.25) is 4.79 Å². The first-order valence-electron chi connectivity index (χ1n) is 9.60. The summed E-state index contributed by atoms with van der Waals surface area (Å²) in [6.45, 7) is 5.49. The number of carbonyl (C=O) groups excluding carboxylic acids is 1. The lowest BCUT2D eigenvalue weighted by Crippen LogP contribution is -2.14. The summed E-state index contributed by atoms with van der Waals surface area (Å²) in [5.41, 5.74) is 1.20. The minimum atomic E-state index is -0.206. The summed E-state index contributed by atoms with van der Waals surface area (Å²) in [5, 5.41) is 2.93. The van der Waals surface area contributed by atoms with E-state index in [2.05, 4.69) is 28.2 Å². The average molecular weight is 434 g/mol. The second kappa shape index (κ2) is 11.7. The molecule has 0 aliphatic rings. The van der Waals surface area contributed by atoms with Crippen molar-refractivity contribution in [3.8, 4) is 11.5 Å². The first kappa shape index (κ1) is 21.3. The fourth-order valence-electron chi connectivity index (χ4n) is 2.60. The predicted octanol–water partition coefficient (Wildman–Crippen LogP) is 6.45. The van der Waals surface area contributed by atoms with E-state index in [4.69, 9.17) is 9.47 Å². The van der Waals surface area contributed by atoms with Gasteiger partial charge in [0.25, 0.3) is 5.91 Å². The van der Waals surface area contributed by atoms with Gasteiger partial charge in [-0.15, -0.1) is 0 Å². The Balaban J connectivity index is 2.01. The Kier molecular flexibility index (Phi) is 9.19. The zero-order valence-electron chi connectivity index (χ0n) is 16.1. The van der Waals surface area contributed by atoms with Crippen LogP contribution in [0, 0.1) is 0 Å². The van der Waals surface area contributed by atoms with Crippen LogP contribution in [0.15, 0.2) is 46.9 Å².